The Hall–Kier alpha value is -2.65. The van der Waals surface area contributed by atoms with Gasteiger partial charge in [-0.1, -0.05) is 24.0 Å². The zero-order chi connectivity index (χ0) is 13.7. The van der Waals surface area contributed by atoms with Gasteiger partial charge in [-0.2, -0.15) is 10.1 Å². The minimum atomic E-state index is -0.320. The number of nitrogens with zero attached hydrogens (tertiary/aromatic N) is 3. The molecule has 1 aromatic heterocycles. The molecule has 2 rings (SSSR count). The number of hydrogen-bond donors (Lipinski definition) is 2. The maximum absolute atomic E-state index is 12.1. The number of aliphatic hydroxyl groups is 1. The van der Waals surface area contributed by atoms with Crippen molar-refractivity contribution in [3.05, 3.63) is 41.7 Å². The van der Waals surface area contributed by atoms with E-state index in [1.807, 2.05) is 0 Å². The lowest BCUT2D eigenvalue weighted by Crippen LogP contribution is -2.16. The summed E-state index contributed by atoms with van der Waals surface area (Å²) >= 11 is 0. The van der Waals surface area contributed by atoms with Crippen molar-refractivity contribution in [2.45, 2.75) is 0 Å². The zero-order valence-corrected chi connectivity index (χ0v) is 10.3. The molecule has 0 aliphatic carbocycles. The first-order valence-corrected chi connectivity index (χ1v) is 5.56. The quantitative estimate of drug-likeness (QED) is 0.763. The first-order valence-electron chi connectivity index (χ1n) is 5.56. The highest BCUT2D eigenvalue weighted by Crippen LogP contribution is 2.10. The number of rotatable bonds is 2. The molecular formula is C13H12N4O2. The highest BCUT2D eigenvalue weighted by molar-refractivity contribution is 6.05. The van der Waals surface area contributed by atoms with E-state index >= 15 is 0 Å². The molecule has 6 nitrogen and oxygen atoms in total. The van der Waals surface area contributed by atoms with Crippen molar-refractivity contribution in [2.75, 3.05) is 11.9 Å². The van der Waals surface area contributed by atoms with Crippen molar-refractivity contribution in [3.8, 4) is 11.8 Å². The third-order valence-corrected chi connectivity index (χ3v) is 2.41. The van der Waals surface area contributed by atoms with Crippen LogP contribution in [0.25, 0.3) is 0 Å². The summed E-state index contributed by atoms with van der Waals surface area (Å²) in [6.45, 7) is -0.251. The Kier molecular flexibility index (Phi) is 3.90. The Morgan fingerprint density at radius 3 is 2.95 bits per heavy atom. The van der Waals surface area contributed by atoms with Gasteiger partial charge in [0.15, 0.2) is 0 Å². The van der Waals surface area contributed by atoms with Crippen LogP contribution in [0.2, 0.25) is 0 Å². The molecule has 0 aliphatic heterocycles. The normalized spacial score (nSPS) is 9.58. The summed E-state index contributed by atoms with van der Waals surface area (Å²) in [5.74, 6) is 5.29. The van der Waals surface area contributed by atoms with Crippen LogP contribution in [0.1, 0.15) is 15.9 Å². The summed E-state index contributed by atoms with van der Waals surface area (Å²) in [6.07, 6.45) is 1.35. The number of anilines is 1. The van der Waals surface area contributed by atoms with Gasteiger partial charge < -0.3 is 5.11 Å². The second-order valence-electron chi connectivity index (χ2n) is 3.67. The van der Waals surface area contributed by atoms with Gasteiger partial charge in [-0.15, -0.1) is 0 Å². The predicted molar refractivity (Wildman–Crippen MR) is 69.4 cm³/mol. The first kappa shape index (κ1) is 12.8. The third-order valence-electron chi connectivity index (χ3n) is 2.41. The average Bonchev–Trinajstić information content (AvgIpc) is 2.82. The fraction of sp³-hybridized carbons (Fsp3) is 0.154. The van der Waals surface area contributed by atoms with Crippen LogP contribution in [0.5, 0.6) is 0 Å². The van der Waals surface area contributed by atoms with E-state index in [-0.39, 0.29) is 12.5 Å². The van der Waals surface area contributed by atoms with Crippen molar-refractivity contribution in [1.82, 2.24) is 14.8 Å². The fourth-order valence-corrected chi connectivity index (χ4v) is 1.50. The Morgan fingerprint density at radius 2 is 2.26 bits per heavy atom. The van der Waals surface area contributed by atoms with Crippen LogP contribution in [0.4, 0.5) is 5.95 Å². The van der Waals surface area contributed by atoms with Gasteiger partial charge in [0.05, 0.1) is 5.56 Å². The van der Waals surface area contributed by atoms with Gasteiger partial charge in [-0.3, -0.25) is 10.1 Å². The molecule has 19 heavy (non-hydrogen) atoms. The first-order chi connectivity index (χ1) is 9.22. The SMILES string of the molecule is Cn1ncnc1NC(=O)c1ccccc1C#CCO. The van der Waals surface area contributed by atoms with E-state index in [2.05, 4.69) is 27.2 Å². The van der Waals surface area contributed by atoms with E-state index in [4.69, 9.17) is 5.11 Å². The van der Waals surface area contributed by atoms with Crippen molar-refractivity contribution >= 4 is 11.9 Å². The van der Waals surface area contributed by atoms with Gasteiger partial charge in [0.25, 0.3) is 5.91 Å². The molecule has 0 aliphatic rings. The molecule has 1 heterocycles. The monoisotopic (exact) mass is 256 g/mol. The minimum absolute atomic E-state index is 0.251. The van der Waals surface area contributed by atoms with Crippen molar-refractivity contribution in [2.24, 2.45) is 7.05 Å². The van der Waals surface area contributed by atoms with E-state index in [0.717, 1.165) is 0 Å². The molecule has 1 amide bonds. The Bertz CT molecular complexity index is 652. The average molecular weight is 256 g/mol. The molecule has 2 aromatic rings. The smallest absolute Gasteiger partial charge is 0.259 e. The minimum Gasteiger partial charge on any atom is -0.384 e. The molecule has 96 valence electrons. The van der Waals surface area contributed by atoms with Crippen LogP contribution in [0, 0.1) is 11.8 Å². The fourth-order valence-electron chi connectivity index (χ4n) is 1.50. The van der Waals surface area contributed by atoms with Crippen molar-refractivity contribution in [1.29, 1.82) is 0 Å². The highest BCUT2D eigenvalue weighted by Gasteiger charge is 2.12. The van der Waals surface area contributed by atoms with Crippen molar-refractivity contribution in [3.63, 3.8) is 0 Å². The number of nitrogens with one attached hydrogen (secondary N) is 1. The summed E-state index contributed by atoms with van der Waals surface area (Å²) in [5, 5.41) is 15.2. The zero-order valence-electron chi connectivity index (χ0n) is 10.3. The van der Waals surface area contributed by atoms with Crippen LogP contribution >= 0.6 is 0 Å². The lowest BCUT2D eigenvalue weighted by molar-refractivity contribution is 0.102. The molecule has 0 saturated heterocycles. The van der Waals surface area contributed by atoms with Crippen LogP contribution < -0.4 is 5.32 Å². The number of benzene rings is 1. The van der Waals surface area contributed by atoms with Crippen LogP contribution in [0.15, 0.2) is 30.6 Å². The largest absolute Gasteiger partial charge is 0.384 e. The lowest BCUT2D eigenvalue weighted by Gasteiger charge is -2.05. The van der Waals surface area contributed by atoms with Gasteiger partial charge >= 0.3 is 0 Å². The summed E-state index contributed by atoms with van der Waals surface area (Å²) in [7, 11) is 1.68. The maximum Gasteiger partial charge on any atom is 0.259 e. The molecule has 0 atom stereocenters. The number of amides is 1. The molecule has 6 heteroatoms. The highest BCUT2D eigenvalue weighted by atomic mass is 16.2. The molecule has 0 spiro atoms. The molecule has 0 saturated carbocycles. The molecule has 0 unspecified atom stereocenters. The lowest BCUT2D eigenvalue weighted by atomic mass is 10.1. The number of carbonyl (C=O) groups is 1. The second-order valence-corrected chi connectivity index (χ2v) is 3.67. The van der Waals surface area contributed by atoms with E-state index < -0.39 is 0 Å². The van der Waals surface area contributed by atoms with E-state index in [1.54, 1.807) is 31.3 Å². The summed E-state index contributed by atoms with van der Waals surface area (Å²) < 4.78 is 1.46. The standard InChI is InChI=1S/C13H12N4O2/c1-17-13(14-9-15-17)16-12(19)11-7-3-2-5-10(11)6-4-8-18/h2-3,5,7,9,18H,8H2,1H3,(H,14,15,16,19). The summed E-state index contributed by atoms with van der Waals surface area (Å²) in [6, 6.07) is 6.90. The van der Waals surface area contributed by atoms with Crippen molar-refractivity contribution < 1.29 is 9.90 Å². The number of aliphatic hydroxyl groups excluding tert-OH is 1. The topological polar surface area (TPSA) is 80.0 Å². The number of aryl methyl sites for hydroxylation is 1. The molecule has 0 bridgehead atoms. The van der Waals surface area contributed by atoms with Crippen LogP contribution in [0.3, 0.4) is 0 Å². The summed E-state index contributed by atoms with van der Waals surface area (Å²) in [4.78, 5) is 16.0. The molecule has 0 radical (unpaired) electrons. The summed E-state index contributed by atoms with van der Waals surface area (Å²) in [5.41, 5.74) is 0.975. The van der Waals surface area contributed by atoms with Gasteiger partial charge in [-0.25, -0.2) is 4.68 Å². The molecule has 2 N–H and O–H groups in total. The molecule has 0 fully saturated rings. The molecule has 1 aromatic carbocycles. The van der Waals surface area contributed by atoms with Crippen LogP contribution in [-0.2, 0) is 7.05 Å². The van der Waals surface area contributed by atoms with Crippen LogP contribution in [-0.4, -0.2) is 32.4 Å². The van der Waals surface area contributed by atoms with Gasteiger partial charge in [0.1, 0.15) is 12.9 Å². The van der Waals surface area contributed by atoms with Gasteiger partial charge in [0.2, 0.25) is 5.95 Å². The number of carbonyl (C=O) groups excluding carboxylic acids is 1. The number of aromatic nitrogens is 3. The molecular weight excluding hydrogens is 244 g/mol. The predicted octanol–water partition coefficient (Wildman–Crippen LogP) is 0.411. The Morgan fingerprint density at radius 1 is 1.47 bits per heavy atom. The van der Waals surface area contributed by atoms with E-state index in [0.29, 0.717) is 17.1 Å². The Labute approximate surface area is 110 Å². The van der Waals surface area contributed by atoms with Gasteiger partial charge in [0, 0.05) is 12.6 Å². The second kappa shape index (κ2) is 5.80. The maximum atomic E-state index is 12.1. The third kappa shape index (κ3) is 2.97. The van der Waals surface area contributed by atoms with Gasteiger partial charge in [-0.05, 0) is 12.1 Å². The van der Waals surface area contributed by atoms with E-state index in [9.17, 15) is 4.79 Å². The Balaban J connectivity index is 2.26. The van der Waals surface area contributed by atoms with E-state index in [1.165, 1.54) is 11.0 Å². The number of hydrogen-bond acceptors (Lipinski definition) is 4.